The number of pyridine rings is 1. The lowest BCUT2D eigenvalue weighted by atomic mass is 10.1. The average Bonchev–Trinajstić information content (AvgIpc) is 2.56. The van der Waals surface area contributed by atoms with Crippen molar-refractivity contribution in [3.8, 4) is 11.8 Å². The van der Waals surface area contributed by atoms with E-state index in [-0.39, 0.29) is 11.5 Å². The van der Waals surface area contributed by atoms with E-state index in [9.17, 15) is 9.59 Å². The zero-order chi connectivity index (χ0) is 18.4. The van der Waals surface area contributed by atoms with Crippen molar-refractivity contribution in [2.75, 3.05) is 32.6 Å². The molecule has 1 aromatic carbocycles. The fourth-order valence-corrected chi connectivity index (χ4v) is 2.25. The van der Waals surface area contributed by atoms with Gasteiger partial charge in [0.15, 0.2) is 0 Å². The highest BCUT2D eigenvalue weighted by Gasteiger charge is 2.12. The van der Waals surface area contributed by atoms with Crippen molar-refractivity contribution in [2.45, 2.75) is 6.92 Å². The van der Waals surface area contributed by atoms with Gasteiger partial charge >= 0.3 is 0 Å². The number of likely N-dealkylation sites (N-methyl/N-ethyl adjacent to an activating group) is 1. The van der Waals surface area contributed by atoms with Crippen molar-refractivity contribution in [3.05, 3.63) is 46.3 Å². The molecule has 0 bridgehead atoms. The van der Waals surface area contributed by atoms with E-state index in [0.29, 0.717) is 35.5 Å². The summed E-state index contributed by atoms with van der Waals surface area (Å²) in [6, 6.07) is 5.01. The third-order valence-corrected chi connectivity index (χ3v) is 3.40. The van der Waals surface area contributed by atoms with E-state index in [2.05, 4.69) is 10.3 Å². The van der Waals surface area contributed by atoms with Gasteiger partial charge < -0.3 is 19.9 Å². The van der Waals surface area contributed by atoms with Crippen LogP contribution in [0.4, 0.5) is 5.69 Å². The minimum Gasteiger partial charge on any atom is -0.492 e. The maximum atomic E-state index is 12.3. The molecule has 7 nitrogen and oxygen atoms in total. The van der Waals surface area contributed by atoms with Crippen molar-refractivity contribution >= 4 is 22.5 Å². The highest BCUT2D eigenvalue weighted by molar-refractivity contribution is 6.02. The Labute approximate surface area is 145 Å². The molecule has 1 amide bonds. The van der Waals surface area contributed by atoms with E-state index < -0.39 is 5.43 Å². The zero-order valence-electron chi connectivity index (χ0n) is 14.4. The lowest BCUT2D eigenvalue weighted by Crippen LogP contribution is -2.14. The number of carbonyl (C=O) groups is 1. The molecule has 7 heteroatoms. The maximum Gasteiger partial charge on any atom is 0.248 e. The Balaban J connectivity index is 2.42. The van der Waals surface area contributed by atoms with Gasteiger partial charge in [-0.1, -0.05) is 6.08 Å². The van der Waals surface area contributed by atoms with Crippen LogP contribution in [0, 0.1) is 11.3 Å². The van der Waals surface area contributed by atoms with Gasteiger partial charge in [-0.25, -0.2) is 0 Å². The molecule has 130 valence electrons. The Morgan fingerprint density at radius 3 is 2.84 bits per heavy atom. The molecule has 0 aliphatic heterocycles. The van der Waals surface area contributed by atoms with E-state index in [1.54, 1.807) is 12.1 Å². The van der Waals surface area contributed by atoms with Crippen LogP contribution in [0.25, 0.3) is 10.9 Å². The Bertz CT molecular complexity index is 907. The number of nitrogens with zero attached hydrogens (tertiary/aromatic N) is 2. The first-order valence-corrected chi connectivity index (χ1v) is 7.80. The van der Waals surface area contributed by atoms with Gasteiger partial charge in [-0.2, -0.15) is 5.26 Å². The number of aromatic nitrogens is 1. The number of ether oxygens (including phenoxy) is 1. The van der Waals surface area contributed by atoms with Gasteiger partial charge in [-0.05, 0) is 27.1 Å². The smallest absolute Gasteiger partial charge is 0.248 e. The monoisotopic (exact) mass is 340 g/mol. The molecule has 0 aliphatic carbocycles. The second kappa shape index (κ2) is 8.13. The highest BCUT2D eigenvalue weighted by Crippen LogP contribution is 2.28. The third-order valence-electron chi connectivity index (χ3n) is 3.40. The van der Waals surface area contributed by atoms with Crippen molar-refractivity contribution in [2.24, 2.45) is 0 Å². The number of rotatable bonds is 6. The molecule has 0 saturated heterocycles. The molecule has 2 rings (SSSR count). The summed E-state index contributed by atoms with van der Waals surface area (Å²) in [5.41, 5.74) is 0.542. The summed E-state index contributed by atoms with van der Waals surface area (Å²) in [5, 5.41) is 12.0. The molecule has 0 radical (unpaired) electrons. The second-order valence-corrected chi connectivity index (χ2v) is 5.62. The van der Waals surface area contributed by atoms with Crippen LogP contribution in [0.15, 0.2) is 35.3 Å². The molecule has 2 aromatic rings. The number of amides is 1. The van der Waals surface area contributed by atoms with Crippen LogP contribution in [-0.4, -0.2) is 43.0 Å². The minimum atomic E-state index is -0.391. The number of hydrogen-bond acceptors (Lipinski definition) is 5. The van der Waals surface area contributed by atoms with Gasteiger partial charge in [-0.3, -0.25) is 9.59 Å². The van der Waals surface area contributed by atoms with E-state index in [1.165, 1.54) is 18.3 Å². The fraction of sp³-hybridized carbons (Fsp3) is 0.278. The summed E-state index contributed by atoms with van der Waals surface area (Å²) in [4.78, 5) is 29.2. The van der Waals surface area contributed by atoms with Crippen molar-refractivity contribution < 1.29 is 9.53 Å². The molecule has 0 unspecified atom stereocenters. The summed E-state index contributed by atoms with van der Waals surface area (Å²) in [6.07, 6.45) is 4.52. The standard InChI is InChI=1S/C18H20N4O3/c1-4-25-16-9-14-13(18(24)12(10-19)11-20-14)8-15(16)21-17(23)6-5-7-22(2)3/h5-6,8-9,11H,4,7H2,1-3H3,(H,20,24)(H,21,23)/b6-5+. The Morgan fingerprint density at radius 1 is 1.44 bits per heavy atom. The molecule has 1 heterocycles. The van der Waals surface area contributed by atoms with Crippen molar-refractivity contribution in [1.29, 1.82) is 5.26 Å². The summed E-state index contributed by atoms with van der Waals surface area (Å²) in [5.74, 6) is 0.125. The predicted molar refractivity (Wildman–Crippen MR) is 96.8 cm³/mol. The number of carbonyl (C=O) groups excluding carboxylic acids is 1. The molecule has 0 atom stereocenters. The molecule has 25 heavy (non-hydrogen) atoms. The summed E-state index contributed by atoms with van der Waals surface area (Å²) in [6.45, 7) is 2.87. The summed E-state index contributed by atoms with van der Waals surface area (Å²) in [7, 11) is 3.80. The fourth-order valence-electron chi connectivity index (χ4n) is 2.25. The molecule has 0 aliphatic rings. The maximum absolute atomic E-state index is 12.3. The molecule has 1 aromatic heterocycles. The second-order valence-electron chi connectivity index (χ2n) is 5.62. The van der Waals surface area contributed by atoms with E-state index in [1.807, 2.05) is 32.0 Å². The Kier molecular flexibility index (Phi) is 5.93. The molecular weight excluding hydrogens is 320 g/mol. The van der Waals surface area contributed by atoms with Crippen LogP contribution in [0.3, 0.4) is 0 Å². The first-order valence-electron chi connectivity index (χ1n) is 7.80. The van der Waals surface area contributed by atoms with Crippen molar-refractivity contribution in [1.82, 2.24) is 9.88 Å². The highest BCUT2D eigenvalue weighted by atomic mass is 16.5. The summed E-state index contributed by atoms with van der Waals surface area (Å²) >= 11 is 0. The third kappa shape index (κ3) is 4.46. The van der Waals surface area contributed by atoms with E-state index >= 15 is 0 Å². The van der Waals surface area contributed by atoms with Crippen LogP contribution in [0.1, 0.15) is 12.5 Å². The van der Waals surface area contributed by atoms with E-state index in [4.69, 9.17) is 10.00 Å². The largest absolute Gasteiger partial charge is 0.492 e. The molecule has 2 N–H and O–H groups in total. The number of nitrogens with one attached hydrogen (secondary N) is 2. The van der Waals surface area contributed by atoms with Gasteiger partial charge in [0.1, 0.15) is 17.4 Å². The van der Waals surface area contributed by atoms with Gasteiger partial charge in [0.25, 0.3) is 0 Å². The summed E-state index contributed by atoms with van der Waals surface area (Å²) < 4.78 is 5.55. The lowest BCUT2D eigenvalue weighted by molar-refractivity contribution is -0.111. The van der Waals surface area contributed by atoms with Crippen LogP contribution in [-0.2, 0) is 4.79 Å². The topological polar surface area (TPSA) is 98.2 Å². The van der Waals surface area contributed by atoms with Gasteiger partial charge in [-0.15, -0.1) is 0 Å². The Hall–Kier alpha value is -3.11. The van der Waals surface area contributed by atoms with Crippen LogP contribution in [0.5, 0.6) is 5.75 Å². The number of aromatic amines is 1. The number of hydrogen-bond donors (Lipinski definition) is 2. The first-order chi connectivity index (χ1) is 12.0. The molecule has 0 fully saturated rings. The number of H-pyrrole nitrogens is 1. The van der Waals surface area contributed by atoms with E-state index in [0.717, 1.165) is 0 Å². The number of benzene rings is 1. The minimum absolute atomic E-state index is 0.0137. The van der Waals surface area contributed by atoms with Gasteiger partial charge in [0.05, 0.1) is 17.8 Å². The SMILES string of the molecule is CCOc1cc2[nH]cc(C#N)c(=O)c2cc1NC(=O)/C=C/CN(C)C. The quantitative estimate of drug-likeness (QED) is 0.782. The Morgan fingerprint density at radius 2 is 2.20 bits per heavy atom. The zero-order valence-corrected chi connectivity index (χ0v) is 14.4. The first kappa shape index (κ1) is 18.2. The molecule has 0 saturated carbocycles. The van der Waals surface area contributed by atoms with Crippen LogP contribution < -0.4 is 15.5 Å². The average molecular weight is 340 g/mol. The normalized spacial score (nSPS) is 11.0. The number of nitriles is 1. The predicted octanol–water partition coefficient (Wildman–Crippen LogP) is 1.85. The number of fused-ring (bicyclic) bond motifs is 1. The molecular formula is C18H20N4O3. The molecule has 0 spiro atoms. The number of anilines is 1. The van der Waals surface area contributed by atoms with Crippen LogP contribution >= 0.6 is 0 Å². The lowest BCUT2D eigenvalue weighted by Gasteiger charge is -2.12. The van der Waals surface area contributed by atoms with Crippen molar-refractivity contribution in [3.63, 3.8) is 0 Å². The van der Waals surface area contributed by atoms with Gasteiger partial charge in [0.2, 0.25) is 11.3 Å². The van der Waals surface area contributed by atoms with Crippen LogP contribution in [0.2, 0.25) is 0 Å². The van der Waals surface area contributed by atoms with Gasteiger partial charge in [0, 0.05) is 30.3 Å².